The first-order valence-electron chi connectivity index (χ1n) is 10.2. The summed E-state index contributed by atoms with van der Waals surface area (Å²) >= 11 is 0. The Kier molecular flexibility index (Phi) is 4.72. The van der Waals surface area contributed by atoms with Gasteiger partial charge in [0.1, 0.15) is 29.8 Å². The lowest BCUT2D eigenvalue weighted by Gasteiger charge is -2.37. The van der Waals surface area contributed by atoms with Gasteiger partial charge in [0.15, 0.2) is 6.29 Å². The molecule has 0 spiro atoms. The summed E-state index contributed by atoms with van der Waals surface area (Å²) in [5.74, 6) is 1.08. The molecule has 9 heteroatoms. The minimum atomic E-state index is -0.342. The highest BCUT2D eigenvalue weighted by molar-refractivity contribution is 6.03. The maximum Gasteiger partial charge on any atom is 0.218 e. The third-order valence-electron chi connectivity index (χ3n) is 5.97. The number of hydrogen-bond donors (Lipinski definition) is 0. The fourth-order valence-electron chi connectivity index (χ4n) is 4.12. The third kappa shape index (κ3) is 3.24. The second kappa shape index (κ2) is 7.55. The first kappa shape index (κ1) is 18.8. The van der Waals surface area contributed by atoms with E-state index in [0.717, 1.165) is 24.2 Å². The van der Waals surface area contributed by atoms with Crippen LogP contribution in [0.1, 0.15) is 29.8 Å². The van der Waals surface area contributed by atoms with Crippen LogP contribution in [0, 0.1) is 5.82 Å². The lowest BCUT2D eigenvalue weighted by molar-refractivity contribution is 0.111. The van der Waals surface area contributed by atoms with E-state index in [4.69, 9.17) is 4.74 Å². The summed E-state index contributed by atoms with van der Waals surface area (Å²) in [4.78, 5) is 24.2. The molecule has 1 aromatic carbocycles. The Balaban J connectivity index is 1.36. The minimum absolute atomic E-state index is 0.262. The van der Waals surface area contributed by atoms with Crippen molar-refractivity contribution in [2.75, 3.05) is 36.0 Å². The standard InChI is InChI=1S/C21H23FN6O2/c1-26-17-6-5-15(22)21(20(17)16(12-29)25-26)28-9-7-27(8-10-28)18-11-19(24-13-23-18)30-14-3-2-4-14/h5-6,11-14H,2-4,7-10H2,1H3. The summed E-state index contributed by atoms with van der Waals surface area (Å²) in [6, 6.07) is 4.98. The molecule has 3 heterocycles. The van der Waals surface area contributed by atoms with E-state index in [2.05, 4.69) is 20.0 Å². The number of fused-ring (bicyclic) bond motifs is 1. The predicted octanol–water partition coefficient (Wildman–Crippen LogP) is 2.57. The van der Waals surface area contributed by atoms with Crippen LogP contribution in [0.15, 0.2) is 24.5 Å². The highest BCUT2D eigenvalue weighted by Gasteiger charge is 2.26. The van der Waals surface area contributed by atoms with Crippen molar-refractivity contribution in [2.24, 2.45) is 7.05 Å². The Morgan fingerprint density at radius 3 is 2.60 bits per heavy atom. The Hall–Kier alpha value is -3.23. The highest BCUT2D eigenvalue weighted by Crippen LogP contribution is 2.33. The molecule has 1 aliphatic heterocycles. The van der Waals surface area contributed by atoms with Crippen LogP contribution in [0.25, 0.3) is 10.9 Å². The van der Waals surface area contributed by atoms with Crippen LogP contribution in [-0.4, -0.2) is 58.3 Å². The maximum absolute atomic E-state index is 14.8. The Labute approximate surface area is 173 Å². The highest BCUT2D eigenvalue weighted by atomic mass is 19.1. The lowest BCUT2D eigenvalue weighted by atomic mass is 9.96. The number of nitrogens with zero attached hydrogens (tertiary/aromatic N) is 6. The van der Waals surface area contributed by atoms with Gasteiger partial charge in [-0.2, -0.15) is 5.10 Å². The molecule has 0 bridgehead atoms. The van der Waals surface area contributed by atoms with Gasteiger partial charge in [0.05, 0.1) is 16.6 Å². The van der Waals surface area contributed by atoms with Gasteiger partial charge < -0.3 is 14.5 Å². The normalized spacial score (nSPS) is 17.3. The number of piperazine rings is 1. The average Bonchev–Trinajstić information content (AvgIpc) is 3.07. The van der Waals surface area contributed by atoms with Gasteiger partial charge in [-0.3, -0.25) is 9.48 Å². The SMILES string of the molecule is Cn1nc(C=O)c2c(N3CCN(c4cc(OC5CCC5)ncn4)CC3)c(F)ccc21. The van der Waals surface area contributed by atoms with Gasteiger partial charge in [-0.15, -0.1) is 0 Å². The van der Waals surface area contributed by atoms with Crippen LogP contribution in [0.3, 0.4) is 0 Å². The zero-order chi connectivity index (χ0) is 20.7. The van der Waals surface area contributed by atoms with E-state index in [0.29, 0.717) is 49.4 Å². The zero-order valence-electron chi connectivity index (χ0n) is 16.8. The Morgan fingerprint density at radius 1 is 1.13 bits per heavy atom. The monoisotopic (exact) mass is 410 g/mol. The molecule has 156 valence electrons. The molecule has 0 unspecified atom stereocenters. The summed E-state index contributed by atoms with van der Waals surface area (Å²) in [5, 5.41) is 4.80. The number of benzene rings is 1. The molecule has 1 aliphatic carbocycles. The number of carbonyl (C=O) groups excluding carboxylic acids is 1. The van der Waals surface area contributed by atoms with Crippen molar-refractivity contribution in [3.8, 4) is 5.88 Å². The predicted molar refractivity (Wildman–Crippen MR) is 111 cm³/mol. The number of ether oxygens (including phenoxy) is 1. The Bertz CT molecular complexity index is 1090. The van der Waals surface area contributed by atoms with Gasteiger partial charge in [0.25, 0.3) is 0 Å². The molecule has 1 saturated heterocycles. The van der Waals surface area contributed by atoms with Gasteiger partial charge in [0, 0.05) is 39.3 Å². The first-order valence-corrected chi connectivity index (χ1v) is 10.2. The molecule has 0 radical (unpaired) electrons. The van der Waals surface area contributed by atoms with Crippen molar-refractivity contribution in [1.82, 2.24) is 19.7 Å². The fraction of sp³-hybridized carbons (Fsp3) is 0.429. The van der Waals surface area contributed by atoms with Gasteiger partial charge in [0.2, 0.25) is 5.88 Å². The van der Waals surface area contributed by atoms with Crippen LogP contribution in [0.5, 0.6) is 5.88 Å². The number of aromatic nitrogens is 4. The molecule has 2 aromatic heterocycles. The first-order chi connectivity index (χ1) is 14.6. The molecule has 30 heavy (non-hydrogen) atoms. The molecule has 1 saturated carbocycles. The maximum atomic E-state index is 14.8. The molecule has 2 aliphatic rings. The van der Waals surface area contributed by atoms with Crippen molar-refractivity contribution in [1.29, 1.82) is 0 Å². The minimum Gasteiger partial charge on any atom is -0.474 e. The summed E-state index contributed by atoms with van der Waals surface area (Å²) in [7, 11) is 1.76. The van der Waals surface area contributed by atoms with Crippen molar-refractivity contribution in [2.45, 2.75) is 25.4 Å². The van der Waals surface area contributed by atoms with E-state index in [9.17, 15) is 9.18 Å². The van der Waals surface area contributed by atoms with Crippen molar-refractivity contribution in [3.05, 3.63) is 36.0 Å². The number of halogens is 1. The summed E-state index contributed by atoms with van der Waals surface area (Å²) in [6.07, 6.45) is 5.84. The van der Waals surface area contributed by atoms with Crippen LogP contribution < -0.4 is 14.5 Å². The summed E-state index contributed by atoms with van der Waals surface area (Å²) < 4.78 is 22.3. The van der Waals surface area contributed by atoms with E-state index in [1.54, 1.807) is 17.8 Å². The smallest absolute Gasteiger partial charge is 0.218 e. The molecule has 2 fully saturated rings. The van der Waals surface area contributed by atoms with Crippen molar-refractivity contribution in [3.63, 3.8) is 0 Å². The largest absolute Gasteiger partial charge is 0.474 e. The number of anilines is 2. The van der Waals surface area contributed by atoms with E-state index < -0.39 is 0 Å². The molecule has 0 atom stereocenters. The molecule has 0 amide bonds. The quantitative estimate of drug-likeness (QED) is 0.599. The molecular weight excluding hydrogens is 387 g/mol. The van der Waals surface area contributed by atoms with E-state index >= 15 is 0 Å². The van der Waals surface area contributed by atoms with E-state index in [1.165, 1.54) is 18.8 Å². The summed E-state index contributed by atoms with van der Waals surface area (Å²) in [6.45, 7) is 2.55. The summed E-state index contributed by atoms with van der Waals surface area (Å²) in [5.41, 5.74) is 1.45. The second-order valence-electron chi connectivity index (χ2n) is 7.78. The average molecular weight is 410 g/mol. The molecule has 0 N–H and O–H groups in total. The molecule has 5 rings (SSSR count). The molecule has 8 nitrogen and oxygen atoms in total. The third-order valence-corrected chi connectivity index (χ3v) is 5.97. The number of hydrogen-bond acceptors (Lipinski definition) is 7. The fourth-order valence-corrected chi connectivity index (χ4v) is 4.12. The number of carbonyl (C=O) groups is 1. The zero-order valence-corrected chi connectivity index (χ0v) is 16.8. The van der Waals surface area contributed by atoms with Crippen molar-refractivity contribution < 1.29 is 13.9 Å². The number of aryl methyl sites for hydroxylation is 1. The van der Waals surface area contributed by atoms with Gasteiger partial charge in [-0.05, 0) is 31.4 Å². The van der Waals surface area contributed by atoms with Crippen molar-refractivity contribution >= 4 is 28.7 Å². The van der Waals surface area contributed by atoms with Gasteiger partial charge in [-0.25, -0.2) is 14.4 Å². The topological polar surface area (TPSA) is 76.4 Å². The second-order valence-corrected chi connectivity index (χ2v) is 7.78. The van der Waals surface area contributed by atoms with Crippen LogP contribution in [-0.2, 0) is 7.05 Å². The Morgan fingerprint density at radius 2 is 1.90 bits per heavy atom. The van der Waals surface area contributed by atoms with E-state index in [1.807, 2.05) is 11.0 Å². The van der Waals surface area contributed by atoms with Crippen LogP contribution >= 0.6 is 0 Å². The van der Waals surface area contributed by atoms with Crippen LogP contribution in [0.4, 0.5) is 15.9 Å². The van der Waals surface area contributed by atoms with Gasteiger partial charge >= 0.3 is 0 Å². The van der Waals surface area contributed by atoms with E-state index in [-0.39, 0.29) is 17.6 Å². The number of aldehydes is 1. The molecule has 3 aromatic rings. The van der Waals surface area contributed by atoms with Crippen LogP contribution in [0.2, 0.25) is 0 Å². The van der Waals surface area contributed by atoms with Gasteiger partial charge in [-0.1, -0.05) is 0 Å². The molecular formula is C21H23FN6O2. The number of rotatable bonds is 5. The lowest BCUT2D eigenvalue weighted by Crippen LogP contribution is -2.47.